The third-order valence-electron chi connectivity index (χ3n) is 5.51. The van der Waals surface area contributed by atoms with Gasteiger partial charge in [0, 0.05) is 45.8 Å². The van der Waals surface area contributed by atoms with Crippen molar-refractivity contribution < 1.29 is 9.53 Å². The minimum Gasteiger partial charge on any atom is -0.381 e. The molecule has 0 aromatic carbocycles. The zero-order valence-electron chi connectivity index (χ0n) is 14.3. The van der Waals surface area contributed by atoms with E-state index in [2.05, 4.69) is 19.7 Å². The first-order valence-corrected chi connectivity index (χ1v) is 9.31. The second kappa shape index (κ2) is 7.19. The number of carbonyl (C=O) groups is 1. The fraction of sp³-hybridized carbons (Fsp3) is 0.824. The van der Waals surface area contributed by atoms with Crippen molar-refractivity contribution in [3.8, 4) is 0 Å². The minimum absolute atomic E-state index is 0.0869. The topological polar surface area (TPSA) is 63.5 Å². The third kappa shape index (κ3) is 3.32. The van der Waals surface area contributed by atoms with Crippen molar-refractivity contribution in [1.29, 1.82) is 0 Å². The SMILES string of the molecule is O=C([C@H]1CCOC1)N1CCN(Cc2nnc3n2CCCCC3)CC1. The van der Waals surface area contributed by atoms with E-state index < -0.39 is 0 Å². The third-order valence-corrected chi connectivity index (χ3v) is 5.51. The predicted molar refractivity (Wildman–Crippen MR) is 88.4 cm³/mol. The van der Waals surface area contributed by atoms with Crippen LogP contribution in [-0.2, 0) is 29.0 Å². The van der Waals surface area contributed by atoms with Crippen LogP contribution in [0.15, 0.2) is 0 Å². The lowest BCUT2D eigenvalue weighted by atomic mass is 10.1. The highest BCUT2D eigenvalue weighted by molar-refractivity contribution is 5.79. The molecule has 0 saturated carbocycles. The first kappa shape index (κ1) is 16.0. The van der Waals surface area contributed by atoms with Crippen molar-refractivity contribution in [2.45, 2.75) is 45.2 Å². The zero-order chi connectivity index (χ0) is 16.4. The number of rotatable bonds is 3. The molecule has 0 spiro atoms. The van der Waals surface area contributed by atoms with E-state index in [4.69, 9.17) is 4.74 Å². The van der Waals surface area contributed by atoms with Gasteiger partial charge in [-0.05, 0) is 19.3 Å². The Labute approximate surface area is 143 Å². The molecule has 1 aromatic heterocycles. The minimum atomic E-state index is 0.0869. The molecule has 4 rings (SSSR count). The molecule has 0 N–H and O–H groups in total. The van der Waals surface area contributed by atoms with Crippen molar-refractivity contribution >= 4 is 5.91 Å². The number of amides is 1. The summed E-state index contributed by atoms with van der Waals surface area (Å²) in [4.78, 5) is 16.9. The molecule has 0 radical (unpaired) electrons. The number of ether oxygens (including phenoxy) is 1. The van der Waals surface area contributed by atoms with Gasteiger partial charge in [0.25, 0.3) is 0 Å². The van der Waals surface area contributed by atoms with Crippen molar-refractivity contribution in [3.63, 3.8) is 0 Å². The Morgan fingerprint density at radius 3 is 2.75 bits per heavy atom. The summed E-state index contributed by atoms with van der Waals surface area (Å²) in [6.07, 6.45) is 5.67. The molecule has 2 fully saturated rings. The molecule has 0 aliphatic carbocycles. The van der Waals surface area contributed by atoms with E-state index in [0.717, 1.165) is 70.4 Å². The van der Waals surface area contributed by atoms with E-state index in [-0.39, 0.29) is 11.8 Å². The van der Waals surface area contributed by atoms with Crippen molar-refractivity contribution in [2.24, 2.45) is 5.92 Å². The standard InChI is InChI=1S/C17H27N5O2/c23-17(14-5-11-24-13-14)21-9-7-20(8-10-21)12-16-19-18-15-4-2-1-3-6-22(15)16/h14H,1-13H2/t14-/m0/s1. The van der Waals surface area contributed by atoms with Crippen LogP contribution in [0.25, 0.3) is 0 Å². The quantitative estimate of drug-likeness (QED) is 0.814. The summed E-state index contributed by atoms with van der Waals surface area (Å²) in [5.41, 5.74) is 0. The fourth-order valence-electron chi connectivity index (χ4n) is 3.98. The van der Waals surface area contributed by atoms with Gasteiger partial charge in [-0.25, -0.2) is 0 Å². The van der Waals surface area contributed by atoms with Crippen LogP contribution in [0.4, 0.5) is 0 Å². The molecule has 132 valence electrons. The van der Waals surface area contributed by atoms with Crippen molar-refractivity contribution in [1.82, 2.24) is 24.6 Å². The Morgan fingerprint density at radius 1 is 1.08 bits per heavy atom. The van der Waals surface area contributed by atoms with E-state index >= 15 is 0 Å². The fourth-order valence-corrected chi connectivity index (χ4v) is 3.98. The summed E-state index contributed by atoms with van der Waals surface area (Å²) < 4.78 is 7.67. The lowest BCUT2D eigenvalue weighted by molar-refractivity contribution is -0.137. The lowest BCUT2D eigenvalue weighted by Crippen LogP contribution is -2.50. The maximum atomic E-state index is 12.5. The number of aryl methyl sites for hydroxylation is 1. The number of nitrogens with zero attached hydrogens (tertiary/aromatic N) is 5. The molecule has 0 unspecified atom stereocenters. The van der Waals surface area contributed by atoms with Crippen LogP contribution >= 0.6 is 0 Å². The smallest absolute Gasteiger partial charge is 0.228 e. The Morgan fingerprint density at radius 2 is 1.96 bits per heavy atom. The average molecular weight is 333 g/mol. The monoisotopic (exact) mass is 333 g/mol. The first-order chi connectivity index (χ1) is 11.8. The number of hydrogen-bond donors (Lipinski definition) is 0. The molecular weight excluding hydrogens is 306 g/mol. The van der Waals surface area contributed by atoms with Crippen LogP contribution in [0, 0.1) is 5.92 Å². The Balaban J connectivity index is 1.32. The van der Waals surface area contributed by atoms with Gasteiger partial charge in [0.1, 0.15) is 11.6 Å². The van der Waals surface area contributed by atoms with Crippen molar-refractivity contribution in [3.05, 3.63) is 11.6 Å². The van der Waals surface area contributed by atoms with Crippen molar-refractivity contribution in [2.75, 3.05) is 39.4 Å². The number of hydrogen-bond acceptors (Lipinski definition) is 5. The molecule has 0 bridgehead atoms. The van der Waals surface area contributed by atoms with E-state index in [1.54, 1.807) is 0 Å². The van der Waals surface area contributed by atoms with Gasteiger partial charge in [0.2, 0.25) is 5.91 Å². The first-order valence-electron chi connectivity index (χ1n) is 9.31. The number of piperazine rings is 1. The molecule has 24 heavy (non-hydrogen) atoms. The van der Waals surface area contributed by atoms with Gasteiger partial charge in [0.15, 0.2) is 0 Å². The predicted octanol–water partition coefficient (Wildman–Crippen LogP) is 0.685. The summed E-state index contributed by atoms with van der Waals surface area (Å²) >= 11 is 0. The Hall–Kier alpha value is -1.47. The van der Waals surface area contributed by atoms with Gasteiger partial charge >= 0.3 is 0 Å². The largest absolute Gasteiger partial charge is 0.381 e. The molecule has 7 nitrogen and oxygen atoms in total. The normalized spacial score (nSPS) is 25.5. The molecule has 1 amide bonds. The highest BCUT2D eigenvalue weighted by atomic mass is 16.5. The summed E-state index contributed by atoms with van der Waals surface area (Å²) in [6, 6.07) is 0. The van der Waals surface area contributed by atoms with Gasteiger partial charge in [-0.2, -0.15) is 0 Å². The number of carbonyl (C=O) groups excluding carboxylic acids is 1. The van der Waals surface area contributed by atoms with E-state index in [0.29, 0.717) is 6.61 Å². The molecule has 4 heterocycles. The van der Waals surface area contributed by atoms with E-state index in [1.807, 2.05) is 4.90 Å². The lowest BCUT2D eigenvalue weighted by Gasteiger charge is -2.35. The summed E-state index contributed by atoms with van der Waals surface area (Å²) in [7, 11) is 0. The number of aromatic nitrogens is 3. The van der Waals surface area contributed by atoms with Gasteiger partial charge in [-0.15, -0.1) is 10.2 Å². The van der Waals surface area contributed by atoms with Crippen LogP contribution in [0.5, 0.6) is 0 Å². The molecular formula is C17H27N5O2. The molecule has 2 saturated heterocycles. The number of fused-ring (bicyclic) bond motifs is 1. The van der Waals surface area contributed by atoms with E-state index in [1.165, 1.54) is 19.3 Å². The van der Waals surface area contributed by atoms with Crippen LogP contribution in [-0.4, -0.2) is 69.9 Å². The van der Waals surface area contributed by atoms with Gasteiger partial charge < -0.3 is 14.2 Å². The molecule has 3 aliphatic heterocycles. The van der Waals surface area contributed by atoms with Crippen LogP contribution < -0.4 is 0 Å². The zero-order valence-corrected chi connectivity index (χ0v) is 14.3. The highest BCUT2D eigenvalue weighted by Gasteiger charge is 2.30. The average Bonchev–Trinajstić information content (AvgIpc) is 3.21. The summed E-state index contributed by atoms with van der Waals surface area (Å²) in [5.74, 6) is 2.61. The Kier molecular flexibility index (Phi) is 4.80. The van der Waals surface area contributed by atoms with Crippen LogP contribution in [0.1, 0.15) is 37.3 Å². The summed E-state index contributed by atoms with van der Waals surface area (Å²) in [6.45, 7) is 6.70. The molecule has 3 aliphatic rings. The molecule has 1 aromatic rings. The summed E-state index contributed by atoms with van der Waals surface area (Å²) in [5, 5.41) is 8.81. The maximum Gasteiger partial charge on any atom is 0.228 e. The second-order valence-corrected chi connectivity index (χ2v) is 7.16. The van der Waals surface area contributed by atoms with Gasteiger partial charge in [0.05, 0.1) is 19.1 Å². The van der Waals surface area contributed by atoms with E-state index in [9.17, 15) is 4.79 Å². The maximum absolute atomic E-state index is 12.5. The highest BCUT2D eigenvalue weighted by Crippen LogP contribution is 2.19. The second-order valence-electron chi connectivity index (χ2n) is 7.16. The van der Waals surface area contributed by atoms with Crippen LogP contribution in [0.3, 0.4) is 0 Å². The molecule has 7 heteroatoms. The Bertz CT molecular complexity index is 574. The molecule has 1 atom stereocenters. The van der Waals surface area contributed by atoms with Gasteiger partial charge in [-0.3, -0.25) is 9.69 Å². The van der Waals surface area contributed by atoms with Gasteiger partial charge in [-0.1, -0.05) is 6.42 Å². The van der Waals surface area contributed by atoms with Crippen LogP contribution in [0.2, 0.25) is 0 Å².